The molecule has 5 heteroatoms. The maximum absolute atomic E-state index is 13.0. The molecule has 0 aromatic carbocycles. The number of allylic oxidation sites excluding steroid dienone is 1. The highest BCUT2D eigenvalue weighted by Crippen LogP contribution is 2.67. The molecule has 3 fully saturated rings. The van der Waals surface area contributed by atoms with Crippen molar-refractivity contribution in [1.29, 1.82) is 0 Å². The monoisotopic (exact) mass is 641 g/mol. The molecular formula is C25H41I2NO2. The molecule has 30 heavy (non-hydrogen) atoms. The van der Waals surface area contributed by atoms with E-state index < -0.39 is 0 Å². The van der Waals surface area contributed by atoms with Gasteiger partial charge in [-0.05, 0) is 74.0 Å². The average molecular weight is 641 g/mol. The van der Waals surface area contributed by atoms with Gasteiger partial charge >= 0.3 is 0 Å². The smallest absolute Gasteiger partial charge is 0.139 e. The fraction of sp³-hybridized carbons (Fsp3) is 0.880. The number of carbonyl (C=O) groups excluding carboxylic acids is 1. The lowest BCUT2D eigenvalue weighted by atomic mass is 9.47. The topological polar surface area (TPSA) is 37.3 Å². The lowest BCUT2D eigenvalue weighted by molar-refractivity contribution is -0.914. The first-order chi connectivity index (χ1) is 13.5. The normalized spacial score (nSPS) is 45.5. The summed E-state index contributed by atoms with van der Waals surface area (Å²) in [5.41, 5.74) is 1.98. The van der Waals surface area contributed by atoms with Crippen LogP contribution in [0.2, 0.25) is 0 Å². The summed E-state index contributed by atoms with van der Waals surface area (Å²) < 4.78 is 2.13. The second-order valence-corrected chi connectivity index (χ2v) is 12.9. The number of ketones is 1. The van der Waals surface area contributed by atoms with Gasteiger partial charge in [-0.3, -0.25) is 4.79 Å². The summed E-state index contributed by atoms with van der Waals surface area (Å²) in [5, 5.41) is 10.2. The van der Waals surface area contributed by atoms with E-state index in [4.69, 9.17) is 0 Å². The van der Waals surface area contributed by atoms with Gasteiger partial charge in [-0.25, -0.2) is 0 Å². The number of quaternary nitrogens is 1. The molecule has 4 aliphatic carbocycles. The summed E-state index contributed by atoms with van der Waals surface area (Å²) in [6.07, 6.45) is 10.2. The molecule has 0 unspecified atom stereocenters. The number of nitrogens with zero attached hydrogens (tertiary/aromatic N) is 1. The molecule has 0 heterocycles. The van der Waals surface area contributed by atoms with Crippen LogP contribution >= 0.6 is 22.6 Å². The van der Waals surface area contributed by atoms with E-state index in [-0.39, 0.29) is 46.8 Å². The summed E-state index contributed by atoms with van der Waals surface area (Å²) in [6.45, 7) is 7.97. The Hall–Kier alpha value is 0.790. The molecule has 0 aromatic rings. The molecule has 3 nitrogen and oxygen atoms in total. The highest BCUT2D eigenvalue weighted by Gasteiger charge is 2.64. The summed E-state index contributed by atoms with van der Waals surface area (Å²) in [6, 6.07) is 0.461. The maximum atomic E-state index is 13.0. The van der Waals surface area contributed by atoms with Gasteiger partial charge in [0.2, 0.25) is 0 Å². The average Bonchev–Trinajstić information content (AvgIpc) is 2.96. The Morgan fingerprint density at radius 3 is 2.57 bits per heavy atom. The van der Waals surface area contributed by atoms with Crippen LogP contribution in [0.3, 0.4) is 0 Å². The molecule has 0 radical (unpaired) electrons. The number of aliphatic hydroxyl groups excluding tert-OH is 1. The van der Waals surface area contributed by atoms with Crippen LogP contribution in [0.4, 0.5) is 0 Å². The second-order valence-electron chi connectivity index (χ2n) is 11.8. The standard InChI is InChI=1S/C25H41INO2.HI/c1-16(28)23-22(27(4,5)13-12-26)15-21-19-7-6-17-14-18(29)8-10-24(17,2)20(19)9-11-25(21,23)3;/h6,18-23,29H,7-15H2,1-5H3;1H/q+1;/p-1/t18-,19+,20-,21-,22+,23-,24-,25-;/m0./s1. The van der Waals surface area contributed by atoms with E-state index in [0.717, 1.165) is 40.6 Å². The molecule has 172 valence electrons. The fourth-order valence-electron chi connectivity index (χ4n) is 8.46. The predicted molar refractivity (Wildman–Crippen MR) is 127 cm³/mol. The summed E-state index contributed by atoms with van der Waals surface area (Å²) in [7, 11) is 4.72. The van der Waals surface area contributed by atoms with Gasteiger partial charge in [0.05, 0.1) is 38.7 Å². The van der Waals surface area contributed by atoms with Gasteiger partial charge < -0.3 is 33.6 Å². The number of carbonyl (C=O) groups is 1. The van der Waals surface area contributed by atoms with Gasteiger partial charge in [-0.1, -0.05) is 48.1 Å². The third-order valence-corrected chi connectivity index (χ3v) is 10.6. The molecule has 4 aliphatic rings. The van der Waals surface area contributed by atoms with Crippen LogP contribution in [0.1, 0.15) is 65.7 Å². The SMILES string of the molecule is CC(=O)[C@H]1[C@H]([N+](C)(C)CCI)C[C@H]2[C@@H]3CC=C4C[C@@H](O)CC[C@]4(C)[C@H]3CC[C@@]21C.[I-]. The van der Waals surface area contributed by atoms with Crippen molar-refractivity contribution in [2.24, 2.45) is 34.5 Å². The molecular weight excluding hydrogens is 600 g/mol. The van der Waals surface area contributed by atoms with Crippen LogP contribution in [0, 0.1) is 34.5 Å². The van der Waals surface area contributed by atoms with Gasteiger partial charge in [0.25, 0.3) is 0 Å². The van der Waals surface area contributed by atoms with E-state index in [1.807, 2.05) is 6.92 Å². The van der Waals surface area contributed by atoms with Crippen LogP contribution < -0.4 is 24.0 Å². The van der Waals surface area contributed by atoms with Gasteiger partial charge in [0.15, 0.2) is 0 Å². The summed E-state index contributed by atoms with van der Waals surface area (Å²) in [4.78, 5) is 13.0. The van der Waals surface area contributed by atoms with Gasteiger partial charge in [-0.15, -0.1) is 0 Å². The van der Waals surface area contributed by atoms with Crippen molar-refractivity contribution in [2.45, 2.75) is 77.9 Å². The molecule has 0 aromatic heterocycles. The van der Waals surface area contributed by atoms with Crippen LogP contribution in [0.5, 0.6) is 0 Å². The zero-order valence-electron chi connectivity index (χ0n) is 19.5. The van der Waals surface area contributed by atoms with Crippen molar-refractivity contribution in [2.75, 3.05) is 25.1 Å². The Balaban J connectivity index is 0.00000256. The van der Waals surface area contributed by atoms with Gasteiger partial charge in [0, 0.05) is 10.8 Å². The number of fused-ring (bicyclic) bond motifs is 5. The second kappa shape index (κ2) is 8.86. The summed E-state index contributed by atoms with van der Waals surface area (Å²) >= 11 is 2.49. The predicted octanol–water partition coefficient (Wildman–Crippen LogP) is 2.01. The highest BCUT2D eigenvalue weighted by atomic mass is 127. The van der Waals surface area contributed by atoms with Crippen LogP contribution in [0.15, 0.2) is 11.6 Å². The molecule has 8 atom stereocenters. The molecule has 0 amide bonds. The largest absolute Gasteiger partial charge is 1.00 e. The number of hydrogen-bond acceptors (Lipinski definition) is 2. The Morgan fingerprint density at radius 2 is 1.93 bits per heavy atom. The van der Waals surface area contributed by atoms with Crippen molar-refractivity contribution in [1.82, 2.24) is 0 Å². The Bertz CT molecular complexity index is 707. The zero-order valence-corrected chi connectivity index (χ0v) is 23.8. The van der Waals surface area contributed by atoms with E-state index in [9.17, 15) is 9.90 Å². The zero-order chi connectivity index (χ0) is 21.2. The van der Waals surface area contributed by atoms with Gasteiger partial charge in [-0.2, -0.15) is 0 Å². The number of halogens is 2. The van der Waals surface area contributed by atoms with E-state index in [2.05, 4.69) is 56.6 Å². The third-order valence-electron chi connectivity index (χ3n) is 10.1. The van der Waals surface area contributed by atoms with Crippen LogP contribution in [-0.2, 0) is 4.79 Å². The minimum Gasteiger partial charge on any atom is -1.00 e. The van der Waals surface area contributed by atoms with Crippen molar-refractivity contribution in [3.05, 3.63) is 11.6 Å². The van der Waals surface area contributed by atoms with E-state index in [1.54, 1.807) is 5.57 Å². The molecule has 0 spiro atoms. The molecule has 3 saturated carbocycles. The lowest BCUT2D eigenvalue weighted by Crippen LogP contribution is -3.00. The van der Waals surface area contributed by atoms with E-state index in [1.165, 1.54) is 25.7 Å². The van der Waals surface area contributed by atoms with Crippen molar-refractivity contribution in [3.8, 4) is 0 Å². The quantitative estimate of drug-likeness (QED) is 0.221. The summed E-state index contributed by atoms with van der Waals surface area (Å²) in [5.74, 6) is 2.74. The van der Waals surface area contributed by atoms with Crippen molar-refractivity contribution < 1.29 is 38.4 Å². The molecule has 1 N–H and O–H groups in total. The van der Waals surface area contributed by atoms with Crippen LogP contribution in [-0.4, -0.2) is 52.6 Å². The van der Waals surface area contributed by atoms with Crippen LogP contribution in [0.25, 0.3) is 0 Å². The van der Waals surface area contributed by atoms with Gasteiger partial charge in [0.1, 0.15) is 5.78 Å². The van der Waals surface area contributed by atoms with Crippen molar-refractivity contribution in [3.63, 3.8) is 0 Å². The van der Waals surface area contributed by atoms with E-state index >= 15 is 0 Å². The van der Waals surface area contributed by atoms with E-state index in [0.29, 0.717) is 23.7 Å². The van der Waals surface area contributed by atoms with Crippen molar-refractivity contribution >= 4 is 28.4 Å². The third kappa shape index (κ3) is 3.87. The number of hydrogen-bond donors (Lipinski definition) is 1. The first-order valence-electron chi connectivity index (χ1n) is 11.8. The molecule has 0 bridgehead atoms. The first kappa shape index (κ1) is 25.4. The molecule has 0 saturated heterocycles. The minimum absolute atomic E-state index is 0. The highest BCUT2D eigenvalue weighted by molar-refractivity contribution is 14.1. The first-order valence-corrected chi connectivity index (χ1v) is 13.3. The Kier molecular flexibility index (Phi) is 7.51. The number of aliphatic hydroxyl groups is 1. The maximum Gasteiger partial charge on any atom is 0.139 e. The Labute approximate surface area is 214 Å². The number of rotatable bonds is 4. The lowest BCUT2D eigenvalue weighted by Gasteiger charge is -2.57. The fourth-order valence-corrected chi connectivity index (χ4v) is 9.71. The minimum atomic E-state index is -0.135. The Morgan fingerprint density at radius 1 is 1.23 bits per heavy atom. The molecule has 4 rings (SSSR count). The number of Topliss-reactive ketones (excluding diaryl/α,β-unsaturated/α-hetero) is 1. The molecule has 0 aliphatic heterocycles. The number of alkyl halides is 1.